The molecule has 3 heteroatoms. The van der Waals surface area contributed by atoms with Crippen molar-refractivity contribution in [3.63, 3.8) is 0 Å². The van der Waals surface area contributed by atoms with E-state index in [1.165, 1.54) is 30.4 Å². The SMILES string of the molecule is Cn1c(-c2ccc3c(c2)CCCC3)ccc(CS)c1=O. The molecule has 0 saturated carbocycles. The number of aromatic nitrogens is 1. The minimum atomic E-state index is 0.0511. The lowest BCUT2D eigenvalue weighted by molar-refractivity contribution is 0.685. The molecule has 1 aromatic heterocycles. The number of pyridine rings is 1. The highest BCUT2D eigenvalue weighted by molar-refractivity contribution is 7.79. The Labute approximate surface area is 124 Å². The van der Waals surface area contributed by atoms with Crippen LogP contribution in [0.5, 0.6) is 0 Å². The largest absolute Gasteiger partial charge is 0.311 e. The molecule has 3 rings (SSSR count). The summed E-state index contributed by atoms with van der Waals surface area (Å²) in [6.45, 7) is 0. The summed E-state index contributed by atoms with van der Waals surface area (Å²) in [6.07, 6.45) is 4.91. The highest BCUT2D eigenvalue weighted by Gasteiger charge is 2.12. The van der Waals surface area contributed by atoms with Gasteiger partial charge in [-0.05, 0) is 54.5 Å². The molecule has 0 bridgehead atoms. The zero-order valence-corrected chi connectivity index (χ0v) is 12.6. The van der Waals surface area contributed by atoms with Crippen LogP contribution < -0.4 is 5.56 Å². The molecular formula is C17H19NOS. The van der Waals surface area contributed by atoms with Crippen LogP contribution in [0.15, 0.2) is 35.1 Å². The molecule has 0 spiro atoms. The number of benzene rings is 1. The Balaban J connectivity index is 2.09. The van der Waals surface area contributed by atoms with E-state index in [-0.39, 0.29) is 5.56 Å². The fourth-order valence-corrected chi connectivity index (χ4v) is 3.23. The summed E-state index contributed by atoms with van der Waals surface area (Å²) in [5, 5.41) is 0. The van der Waals surface area contributed by atoms with Crippen molar-refractivity contribution in [2.24, 2.45) is 7.05 Å². The van der Waals surface area contributed by atoms with Crippen LogP contribution in [0.25, 0.3) is 11.3 Å². The van der Waals surface area contributed by atoms with Gasteiger partial charge in [0.25, 0.3) is 5.56 Å². The molecule has 0 amide bonds. The number of hydrogen-bond donors (Lipinski definition) is 1. The fourth-order valence-electron chi connectivity index (χ4n) is 2.99. The molecule has 0 radical (unpaired) electrons. The van der Waals surface area contributed by atoms with Crippen LogP contribution in [0.3, 0.4) is 0 Å². The average molecular weight is 285 g/mol. The summed E-state index contributed by atoms with van der Waals surface area (Å²) in [4.78, 5) is 12.2. The summed E-state index contributed by atoms with van der Waals surface area (Å²) < 4.78 is 1.73. The molecule has 104 valence electrons. The molecule has 0 aliphatic heterocycles. The second-order valence-electron chi connectivity index (χ2n) is 5.46. The molecule has 0 atom stereocenters. The predicted molar refractivity (Wildman–Crippen MR) is 86.5 cm³/mol. The van der Waals surface area contributed by atoms with Crippen LogP contribution in [0.4, 0.5) is 0 Å². The second kappa shape index (κ2) is 5.49. The van der Waals surface area contributed by atoms with Gasteiger partial charge < -0.3 is 4.57 Å². The molecule has 20 heavy (non-hydrogen) atoms. The highest BCUT2D eigenvalue weighted by Crippen LogP contribution is 2.26. The highest BCUT2D eigenvalue weighted by atomic mass is 32.1. The van der Waals surface area contributed by atoms with Crippen molar-refractivity contribution in [1.29, 1.82) is 0 Å². The van der Waals surface area contributed by atoms with E-state index in [2.05, 4.69) is 30.8 Å². The van der Waals surface area contributed by atoms with E-state index in [4.69, 9.17) is 0 Å². The molecular weight excluding hydrogens is 266 g/mol. The van der Waals surface area contributed by atoms with Crippen molar-refractivity contribution >= 4 is 12.6 Å². The maximum Gasteiger partial charge on any atom is 0.254 e. The molecule has 2 nitrogen and oxygen atoms in total. The van der Waals surface area contributed by atoms with Crippen LogP contribution in [0.2, 0.25) is 0 Å². The molecule has 0 unspecified atom stereocenters. The molecule has 0 fully saturated rings. The average Bonchev–Trinajstić information content (AvgIpc) is 2.49. The quantitative estimate of drug-likeness (QED) is 0.840. The van der Waals surface area contributed by atoms with Crippen LogP contribution >= 0.6 is 12.6 Å². The van der Waals surface area contributed by atoms with Crippen molar-refractivity contribution in [2.75, 3.05) is 0 Å². The topological polar surface area (TPSA) is 22.0 Å². The van der Waals surface area contributed by atoms with E-state index < -0.39 is 0 Å². The lowest BCUT2D eigenvalue weighted by Gasteiger charge is -2.17. The zero-order chi connectivity index (χ0) is 14.1. The smallest absolute Gasteiger partial charge is 0.254 e. The minimum Gasteiger partial charge on any atom is -0.311 e. The first-order chi connectivity index (χ1) is 9.70. The van der Waals surface area contributed by atoms with Crippen LogP contribution in [0.1, 0.15) is 29.5 Å². The van der Waals surface area contributed by atoms with E-state index in [0.29, 0.717) is 5.75 Å². The van der Waals surface area contributed by atoms with Crippen molar-refractivity contribution in [3.05, 3.63) is 57.4 Å². The third kappa shape index (κ3) is 2.31. The maximum absolute atomic E-state index is 12.2. The number of nitrogens with zero attached hydrogens (tertiary/aromatic N) is 1. The first-order valence-corrected chi connectivity index (χ1v) is 7.76. The molecule has 0 N–H and O–H groups in total. The van der Waals surface area contributed by atoms with Gasteiger partial charge in [-0.3, -0.25) is 4.79 Å². The predicted octanol–water partition coefficient (Wildman–Crippen LogP) is 3.36. The van der Waals surface area contributed by atoms with Gasteiger partial charge in [-0.25, -0.2) is 0 Å². The number of hydrogen-bond acceptors (Lipinski definition) is 2. The van der Waals surface area contributed by atoms with Gasteiger partial charge in [0.1, 0.15) is 0 Å². The first-order valence-electron chi connectivity index (χ1n) is 7.12. The molecule has 0 saturated heterocycles. The number of fused-ring (bicyclic) bond motifs is 1. The third-order valence-corrected chi connectivity index (χ3v) is 4.54. The van der Waals surface area contributed by atoms with Crippen molar-refractivity contribution in [1.82, 2.24) is 4.57 Å². The Morgan fingerprint density at radius 1 is 1.10 bits per heavy atom. The second-order valence-corrected chi connectivity index (χ2v) is 5.77. The van der Waals surface area contributed by atoms with Gasteiger partial charge in [-0.1, -0.05) is 18.2 Å². The summed E-state index contributed by atoms with van der Waals surface area (Å²) in [5.74, 6) is 0.483. The monoisotopic (exact) mass is 285 g/mol. The minimum absolute atomic E-state index is 0.0511. The Morgan fingerprint density at radius 2 is 1.85 bits per heavy atom. The lowest BCUT2D eigenvalue weighted by Crippen LogP contribution is -2.21. The Hall–Kier alpha value is -1.48. The van der Waals surface area contributed by atoms with Crippen molar-refractivity contribution in [3.8, 4) is 11.3 Å². The van der Waals surface area contributed by atoms with Crippen molar-refractivity contribution in [2.45, 2.75) is 31.4 Å². The molecule has 2 aromatic rings. The van der Waals surface area contributed by atoms with Gasteiger partial charge in [0.05, 0.1) is 5.69 Å². The molecule has 1 aliphatic rings. The Kier molecular flexibility index (Phi) is 3.70. The van der Waals surface area contributed by atoms with E-state index >= 15 is 0 Å². The fraction of sp³-hybridized carbons (Fsp3) is 0.353. The van der Waals surface area contributed by atoms with Gasteiger partial charge in [0.15, 0.2) is 0 Å². The Bertz CT molecular complexity index is 703. The third-order valence-electron chi connectivity index (χ3n) is 4.20. The van der Waals surface area contributed by atoms with Crippen LogP contribution in [-0.2, 0) is 25.6 Å². The van der Waals surface area contributed by atoms with E-state index in [9.17, 15) is 4.79 Å². The maximum atomic E-state index is 12.2. The standard InChI is InChI=1S/C17H19NOS/c1-18-16(9-8-15(11-20)17(18)19)14-7-6-12-4-2-3-5-13(12)10-14/h6-10,20H,2-5,11H2,1H3. The normalized spacial score (nSPS) is 14.1. The Morgan fingerprint density at radius 3 is 2.60 bits per heavy atom. The van der Waals surface area contributed by atoms with E-state index in [1.54, 1.807) is 4.57 Å². The number of aryl methyl sites for hydroxylation is 2. The van der Waals surface area contributed by atoms with Gasteiger partial charge in [0, 0.05) is 18.4 Å². The lowest BCUT2D eigenvalue weighted by atomic mass is 9.90. The number of rotatable bonds is 2. The van der Waals surface area contributed by atoms with Gasteiger partial charge >= 0.3 is 0 Å². The molecule has 1 heterocycles. The first kappa shape index (κ1) is 13.5. The van der Waals surface area contributed by atoms with Gasteiger partial charge in [-0.15, -0.1) is 0 Å². The van der Waals surface area contributed by atoms with E-state index in [1.807, 2.05) is 19.2 Å². The van der Waals surface area contributed by atoms with Crippen LogP contribution in [-0.4, -0.2) is 4.57 Å². The van der Waals surface area contributed by atoms with Crippen molar-refractivity contribution < 1.29 is 0 Å². The summed E-state index contributed by atoms with van der Waals surface area (Å²) >= 11 is 4.20. The molecule has 1 aromatic carbocycles. The zero-order valence-electron chi connectivity index (χ0n) is 11.7. The van der Waals surface area contributed by atoms with Gasteiger partial charge in [-0.2, -0.15) is 12.6 Å². The van der Waals surface area contributed by atoms with Gasteiger partial charge in [0.2, 0.25) is 0 Å². The molecule has 1 aliphatic carbocycles. The number of thiol groups is 1. The van der Waals surface area contributed by atoms with E-state index in [0.717, 1.165) is 23.2 Å². The summed E-state index contributed by atoms with van der Waals surface area (Å²) in [7, 11) is 1.84. The van der Waals surface area contributed by atoms with Crippen LogP contribution in [0, 0.1) is 0 Å². The summed E-state index contributed by atoms with van der Waals surface area (Å²) in [6, 6.07) is 10.5. The summed E-state index contributed by atoms with van der Waals surface area (Å²) in [5.41, 5.74) is 5.83.